The van der Waals surface area contributed by atoms with Gasteiger partial charge >= 0.3 is 5.97 Å². The fraction of sp³-hybridized carbons (Fsp3) is 0. The summed E-state index contributed by atoms with van der Waals surface area (Å²) in [5.74, 6) is -1.77. The summed E-state index contributed by atoms with van der Waals surface area (Å²) in [5, 5.41) is 25.3. The average Bonchev–Trinajstić information content (AvgIpc) is 2.80. The van der Waals surface area contributed by atoms with Crippen molar-refractivity contribution in [3.63, 3.8) is 0 Å². The Kier molecular flexibility index (Phi) is 6.67. The number of amides is 1. The molecule has 4 aromatic carbocycles. The third-order valence-corrected chi connectivity index (χ3v) is 5.42. The first-order chi connectivity index (χ1) is 16.3. The summed E-state index contributed by atoms with van der Waals surface area (Å²) in [7, 11) is 0. The normalized spacial score (nSPS) is 11.0. The largest absolute Gasteiger partial charge is 0.508 e. The molecule has 0 fully saturated rings. The number of phenolic OH excluding ortho intramolecular Hbond substituents is 2. The topological polar surface area (TPSA) is 108 Å². The summed E-state index contributed by atoms with van der Waals surface area (Å²) >= 11 is 12.0. The maximum Gasteiger partial charge on any atom is 0.345 e. The number of halogens is 2. The van der Waals surface area contributed by atoms with Crippen LogP contribution in [0.4, 0.5) is 0 Å². The highest BCUT2D eigenvalue weighted by molar-refractivity contribution is 6.36. The molecule has 170 valence electrons. The number of esters is 1. The van der Waals surface area contributed by atoms with Crippen molar-refractivity contribution >= 4 is 52.1 Å². The number of carbonyl (C=O) groups is 2. The standard InChI is InChI=1S/C25H16Cl2N2O5/c26-15-6-8-18(21(27)11-15)25(33)34-23-10-5-14-3-1-2-4-17(14)20(23)13-28-29-24(32)19-9-7-16(30)12-22(19)31/h1-13,30-31H,(H,29,32)/b28-13+. The van der Waals surface area contributed by atoms with E-state index in [4.69, 9.17) is 27.9 Å². The molecule has 0 saturated carbocycles. The van der Waals surface area contributed by atoms with Gasteiger partial charge in [0.2, 0.25) is 0 Å². The summed E-state index contributed by atoms with van der Waals surface area (Å²) in [4.78, 5) is 25.1. The highest BCUT2D eigenvalue weighted by atomic mass is 35.5. The number of carbonyl (C=O) groups excluding carboxylic acids is 2. The van der Waals surface area contributed by atoms with Gasteiger partial charge < -0.3 is 14.9 Å². The summed E-state index contributed by atoms with van der Waals surface area (Å²) in [5.41, 5.74) is 2.81. The van der Waals surface area contributed by atoms with Gasteiger partial charge in [-0.1, -0.05) is 53.5 Å². The molecule has 4 rings (SSSR count). The van der Waals surface area contributed by atoms with E-state index in [1.807, 2.05) is 24.3 Å². The molecule has 9 heteroatoms. The van der Waals surface area contributed by atoms with Crippen molar-refractivity contribution in [3.8, 4) is 17.2 Å². The number of aromatic hydroxyl groups is 2. The van der Waals surface area contributed by atoms with Gasteiger partial charge in [-0.25, -0.2) is 10.2 Å². The molecule has 0 aromatic heterocycles. The Morgan fingerprint density at radius 3 is 2.44 bits per heavy atom. The molecular formula is C25H16Cl2N2O5. The van der Waals surface area contributed by atoms with E-state index >= 15 is 0 Å². The second-order valence-electron chi connectivity index (χ2n) is 7.11. The monoisotopic (exact) mass is 494 g/mol. The third kappa shape index (κ3) is 4.96. The summed E-state index contributed by atoms with van der Waals surface area (Å²) in [6.45, 7) is 0. The molecule has 0 bridgehead atoms. The van der Waals surface area contributed by atoms with Gasteiger partial charge in [0.25, 0.3) is 5.91 Å². The number of hydrogen-bond donors (Lipinski definition) is 3. The summed E-state index contributed by atoms with van der Waals surface area (Å²) in [6, 6.07) is 18.8. The number of nitrogens with one attached hydrogen (secondary N) is 1. The summed E-state index contributed by atoms with van der Waals surface area (Å²) in [6.07, 6.45) is 1.34. The fourth-order valence-corrected chi connectivity index (χ4v) is 3.72. The Bertz CT molecular complexity index is 1450. The van der Waals surface area contributed by atoms with Gasteiger partial charge in [0.05, 0.1) is 22.4 Å². The Morgan fingerprint density at radius 2 is 1.68 bits per heavy atom. The number of fused-ring (bicyclic) bond motifs is 1. The molecule has 0 saturated heterocycles. The van der Waals surface area contributed by atoms with Gasteiger partial charge in [-0.2, -0.15) is 5.10 Å². The minimum absolute atomic E-state index is 0.0723. The van der Waals surface area contributed by atoms with Gasteiger partial charge in [0.15, 0.2) is 0 Å². The van der Waals surface area contributed by atoms with Crippen LogP contribution in [-0.2, 0) is 0 Å². The highest BCUT2D eigenvalue weighted by Crippen LogP contribution is 2.29. The van der Waals surface area contributed by atoms with Gasteiger partial charge in [0.1, 0.15) is 17.2 Å². The number of rotatable bonds is 5. The van der Waals surface area contributed by atoms with E-state index in [2.05, 4.69) is 10.5 Å². The molecule has 34 heavy (non-hydrogen) atoms. The average molecular weight is 495 g/mol. The Labute approximate surface area is 203 Å². The lowest BCUT2D eigenvalue weighted by atomic mass is 10.0. The lowest BCUT2D eigenvalue weighted by molar-refractivity contribution is 0.0734. The molecular weight excluding hydrogens is 479 g/mol. The van der Waals surface area contributed by atoms with E-state index in [-0.39, 0.29) is 27.6 Å². The lowest BCUT2D eigenvalue weighted by Crippen LogP contribution is -2.18. The van der Waals surface area contributed by atoms with Gasteiger partial charge in [-0.15, -0.1) is 0 Å². The SMILES string of the molecule is O=C(N/N=C/c1c(OC(=O)c2ccc(Cl)cc2Cl)ccc2ccccc12)c1ccc(O)cc1O. The maximum absolute atomic E-state index is 12.8. The van der Waals surface area contributed by atoms with E-state index in [1.165, 1.54) is 36.5 Å². The molecule has 0 atom stereocenters. The first-order valence-electron chi connectivity index (χ1n) is 9.88. The van der Waals surface area contributed by atoms with Crippen LogP contribution in [0.2, 0.25) is 10.0 Å². The van der Waals surface area contributed by atoms with Crippen LogP contribution in [0.3, 0.4) is 0 Å². The first-order valence-corrected chi connectivity index (χ1v) is 10.6. The number of hydrogen-bond acceptors (Lipinski definition) is 6. The molecule has 0 unspecified atom stereocenters. The van der Waals surface area contributed by atoms with Crippen molar-refractivity contribution in [2.45, 2.75) is 0 Å². The molecule has 0 aliphatic rings. The van der Waals surface area contributed by atoms with Crippen molar-refractivity contribution in [2.75, 3.05) is 0 Å². The molecule has 0 spiro atoms. The van der Waals surface area contributed by atoms with E-state index in [1.54, 1.807) is 12.1 Å². The Morgan fingerprint density at radius 1 is 0.912 bits per heavy atom. The smallest absolute Gasteiger partial charge is 0.345 e. The Balaban J connectivity index is 1.64. The molecule has 0 radical (unpaired) electrons. The third-order valence-electron chi connectivity index (χ3n) is 4.87. The van der Waals surface area contributed by atoms with E-state index < -0.39 is 17.6 Å². The van der Waals surface area contributed by atoms with E-state index in [9.17, 15) is 19.8 Å². The number of ether oxygens (including phenoxy) is 1. The fourth-order valence-electron chi connectivity index (χ4n) is 3.24. The van der Waals surface area contributed by atoms with Crippen LogP contribution in [-0.4, -0.2) is 28.3 Å². The first kappa shape index (κ1) is 23.1. The van der Waals surface area contributed by atoms with Crippen LogP contribution in [0.25, 0.3) is 10.8 Å². The predicted molar refractivity (Wildman–Crippen MR) is 130 cm³/mol. The van der Waals surface area contributed by atoms with Gasteiger partial charge in [-0.05, 0) is 47.2 Å². The zero-order valence-electron chi connectivity index (χ0n) is 17.3. The van der Waals surface area contributed by atoms with Gasteiger partial charge in [0, 0.05) is 16.7 Å². The van der Waals surface area contributed by atoms with Crippen molar-refractivity contribution in [2.24, 2.45) is 5.10 Å². The lowest BCUT2D eigenvalue weighted by Gasteiger charge is -2.11. The van der Waals surface area contributed by atoms with Crippen molar-refractivity contribution in [3.05, 3.63) is 99.5 Å². The van der Waals surface area contributed by atoms with Crippen LogP contribution < -0.4 is 10.2 Å². The molecule has 7 nitrogen and oxygen atoms in total. The zero-order valence-corrected chi connectivity index (χ0v) is 18.8. The quantitative estimate of drug-likeness (QED) is 0.146. The molecule has 0 aliphatic heterocycles. The second-order valence-corrected chi connectivity index (χ2v) is 7.96. The molecule has 0 aliphatic carbocycles. The maximum atomic E-state index is 12.8. The van der Waals surface area contributed by atoms with Crippen LogP contribution >= 0.6 is 23.2 Å². The minimum Gasteiger partial charge on any atom is -0.508 e. The van der Waals surface area contributed by atoms with Crippen molar-refractivity contribution < 1.29 is 24.5 Å². The number of benzene rings is 4. The Hall–Kier alpha value is -4.07. The molecule has 1 amide bonds. The molecule has 4 aromatic rings. The number of hydrazone groups is 1. The van der Waals surface area contributed by atoms with Crippen LogP contribution in [0.1, 0.15) is 26.3 Å². The predicted octanol–water partition coefficient (Wildman–Crippen LogP) is 5.54. The van der Waals surface area contributed by atoms with Crippen molar-refractivity contribution in [1.82, 2.24) is 5.43 Å². The molecule has 0 heterocycles. The van der Waals surface area contributed by atoms with Crippen LogP contribution in [0.15, 0.2) is 77.9 Å². The van der Waals surface area contributed by atoms with E-state index in [0.29, 0.717) is 10.6 Å². The number of nitrogens with zero attached hydrogens (tertiary/aromatic N) is 1. The second kappa shape index (κ2) is 9.82. The van der Waals surface area contributed by atoms with Crippen molar-refractivity contribution in [1.29, 1.82) is 0 Å². The molecule has 3 N–H and O–H groups in total. The van der Waals surface area contributed by atoms with Crippen LogP contribution in [0, 0.1) is 0 Å². The van der Waals surface area contributed by atoms with Crippen LogP contribution in [0.5, 0.6) is 17.2 Å². The zero-order chi connectivity index (χ0) is 24.2. The number of phenols is 2. The van der Waals surface area contributed by atoms with E-state index in [0.717, 1.165) is 16.8 Å². The summed E-state index contributed by atoms with van der Waals surface area (Å²) < 4.78 is 5.60. The van der Waals surface area contributed by atoms with Gasteiger partial charge in [-0.3, -0.25) is 4.79 Å². The minimum atomic E-state index is -0.694. The highest BCUT2D eigenvalue weighted by Gasteiger charge is 2.17.